The normalized spacial score (nSPS) is 25.1. The molecule has 1 aliphatic heterocycles. The Kier molecular flexibility index (Phi) is 2.69. The lowest BCUT2D eigenvalue weighted by Crippen LogP contribution is -2.42. The molecule has 4 heteroatoms. The minimum Gasteiger partial charge on any atom is -0.316 e. The van der Waals surface area contributed by atoms with Crippen molar-refractivity contribution in [2.45, 2.75) is 18.3 Å². The molecule has 1 aliphatic rings. The van der Waals surface area contributed by atoms with E-state index in [1.54, 1.807) is 0 Å². The molecule has 1 aromatic rings. The van der Waals surface area contributed by atoms with Crippen LogP contribution in [0.1, 0.15) is 17.9 Å². The van der Waals surface area contributed by atoms with Gasteiger partial charge in [-0.15, -0.1) is 0 Å². The summed E-state index contributed by atoms with van der Waals surface area (Å²) in [6, 6.07) is 5.31. The molecule has 15 heavy (non-hydrogen) atoms. The molecule has 1 atom stereocenters. The third-order valence-electron chi connectivity index (χ3n) is 2.77. The van der Waals surface area contributed by atoms with Crippen molar-refractivity contribution in [3.63, 3.8) is 0 Å². The summed E-state index contributed by atoms with van der Waals surface area (Å²) in [5.74, 6) is -3.93. The van der Waals surface area contributed by atoms with Crippen LogP contribution in [0.2, 0.25) is 0 Å². The molecule has 1 fully saturated rings. The highest BCUT2D eigenvalue weighted by molar-refractivity contribution is 5.24. The van der Waals surface area contributed by atoms with Crippen LogP contribution in [0, 0.1) is 5.82 Å². The van der Waals surface area contributed by atoms with E-state index >= 15 is 0 Å². The largest absolute Gasteiger partial charge is 0.316 e. The van der Waals surface area contributed by atoms with E-state index in [2.05, 4.69) is 5.32 Å². The second-order valence-corrected chi connectivity index (χ2v) is 3.82. The summed E-state index contributed by atoms with van der Waals surface area (Å²) in [6.45, 7) is 0.587. The van der Waals surface area contributed by atoms with Gasteiger partial charge < -0.3 is 5.32 Å². The van der Waals surface area contributed by atoms with Crippen LogP contribution < -0.4 is 5.32 Å². The maximum atomic E-state index is 13.5. The van der Waals surface area contributed by atoms with E-state index in [4.69, 9.17) is 0 Å². The molecule has 0 amide bonds. The molecule has 1 saturated heterocycles. The second kappa shape index (κ2) is 3.85. The predicted molar refractivity (Wildman–Crippen MR) is 51.6 cm³/mol. The van der Waals surface area contributed by atoms with Gasteiger partial charge in [0.2, 0.25) is 0 Å². The minimum atomic E-state index is -2.69. The Morgan fingerprint density at radius 1 is 1.20 bits per heavy atom. The summed E-state index contributed by atoms with van der Waals surface area (Å²) >= 11 is 0. The van der Waals surface area contributed by atoms with Crippen molar-refractivity contribution in [3.05, 3.63) is 35.6 Å². The molecule has 1 heterocycles. The Hall–Kier alpha value is -1.03. The van der Waals surface area contributed by atoms with Crippen LogP contribution in [-0.2, 0) is 0 Å². The standard InChI is InChI=1S/C11H12F3N/c12-9-3-1-8(2-4-9)10-7-15-6-5-11(10,13)14/h1-4,10,15H,5-7H2. The minimum absolute atomic E-state index is 0.158. The molecular weight excluding hydrogens is 203 g/mol. The number of nitrogens with one attached hydrogen (secondary N) is 1. The van der Waals surface area contributed by atoms with Crippen LogP contribution >= 0.6 is 0 Å². The lowest BCUT2D eigenvalue weighted by molar-refractivity contribution is -0.0479. The van der Waals surface area contributed by atoms with Gasteiger partial charge in [-0.05, 0) is 17.7 Å². The number of benzene rings is 1. The Bertz CT molecular complexity index is 334. The molecule has 1 N–H and O–H groups in total. The monoisotopic (exact) mass is 215 g/mol. The summed E-state index contributed by atoms with van der Waals surface area (Å²) in [4.78, 5) is 0. The van der Waals surface area contributed by atoms with Crippen LogP contribution in [0.4, 0.5) is 13.2 Å². The highest BCUT2D eigenvalue weighted by atomic mass is 19.3. The smallest absolute Gasteiger partial charge is 0.257 e. The fraction of sp³-hybridized carbons (Fsp3) is 0.455. The van der Waals surface area contributed by atoms with Gasteiger partial charge in [0.05, 0.1) is 5.92 Å². The van der Waals surface area contributed by atoms with Crippen molar-refractivity contribution in [1.29, 1.82) is 0 Å². The number of hydrogen-bond acceptors (Lipinski definition) is 1. The van der Waals surface area contributed by atoms with Gasteiger partial charge in [0.15, 0.2) is 0 Å². The molecule has 1 aromatic carbocycles. The number of alkyl halides is 2. The third kappa shape index (κ3) is 2.15. The zero-order chi connectivity index (χ0) is 10.9. The van der Waals surface area contributed by atoms with E-state index in [9.17, 15) is 13.2 Å². The van der Waals surface area contributed by atoms with E-state index < -0.39 is 17.7 Å². The van der Waals surface area contributed by atoms with Crippen LogP contribution in [0.3, 0.4) is 0 Å². The van der Waals surface area contributed by atoms with E-state index in [0.717, 1.165) is 0 Å². The van der Waals surface area contributed by atoms with Gasteiger partial charge in [-0.2, -0.15) is 0 Å². The molecule has 0 saturated carbocycles. The SMILES string of the molecule is Fc1ccc(C2CNCCC2(F)F)cc1. The summed E-state index contributed by atoms with van der Waals surface area (Å²) in [6.07, 6.45) is -0.158. The van der Waals surface area contributed by atoms with Gasteiger partial charge in [0.25, 0.3) is 5.92 Å². The van der Waals surface area contributed by atoms with Crippen molar-refractivity contribution in [2.75, 3.05) is 13.1 Å². The first-order valence-corrected chi connectivity index (χ1v) is 4.93. The van der Waals surface area contributed by atoms with Crippen LogP contribution in [0.25, 0.3) is 0 Å². The van der Waals surface area contributed by atoms with Crippen LogP contribution in [-0.4, -0.2) is 19.0 Å². The van der Waals surface area contributed by atoms with Gasteiger partial charge >= 0.3 is 0 Å². The Morgan fingerprint density at radius 2 is 1.87 bits per heavy atom. The van der Waals surface area contributed by atoms with Crippen LogP contribution in [0.15, 0.2) is 24.3 Å². The van der Waals surface area contributed by atoms with E-state index in [-0.39, 0.29) is 13.0 Å². The first-order valence-electron chi connectivity index (χ1n) is 4.93. The molecule has 0 spiro atoms. The molecule has 82 valence electrons. The fourth-order valence-electron chi connectivity index (χ4n) is 1.88. The lowest BCUT2D eigenvalue weighted by Gasteiger charge is -2.32. The number of piperidine rings is 1. The third-order valence-corrected chi connectivity index (χ3v) is 2.77. The van der Waals surface area contributed by atoms with E-state index in [1.807, 2.05) is 0 Å². The number of halogens is 3. The summed E-state index contributed by atoms with van der Waals surface area (Å²) in [5.41, 5.74) is 0.494. The number of hydrogen-bond donors (Lipinski definition) is 1. The zero-order valence-electron chi connectivity index (χ0n) is 8.14. The maximum absolute atomic E-state index is 13.5. The Labute approximate surface area is 86.3 Å². The lowest BCUT2D eigenvalue weighted by atomic mass is 9.88. The number of rotatable bonds is 1. The summed E-state index contributed by atoms with van der Waals surface area (Å²) in [5, 5.41) is 2.93. The highest BCUT2D eigenvalue weighted by Gasteiger charge is 2.42. The summed E-state index contributed by atoms with van der Waals surface area (Å²) in [7, 11) is 0. The van der Waals surface area contributed by atoms with Crippen molar-refractivity contribution < 1.29 is 13.2 Å². The molecule has 0 aliphatic carbocycles. The van der Waals surface area contributed by atoms with Gasteiger partial charge in [-0.1, -0.05) is 12.1 Å². The molecule has 0 aromatic heterocycles. The maximum Gasteiger partial charge on any atom is 0.257 e. The fourth-order valence-corrected chi connectivity index (χ4v) is 1.88. The molecule has 1 unspecified atom stereocenters. The van der Waals surface area contributed by atoms with Gasteiger partial charge in [0.1, 0.15) is 5.82 Å². The first kappa shape index (κ1) is 10.5. The van der Waals surface area contributed by atoms with Gasteiger partial charge in [-0.25, -0.2) is 13.2 Å². The molecule has 1 nitrogen and oxygen atoms in total. The van der Waals surface area contributed by atoms with E-state index in [1.165, 1.54) is 24.3 Å². The second-order valence-electron chi connectivity index (χ2n) is 3.82. The van der Waals surface area contributed by atoms with Crippen molar-refractivity contribution >= 4 is 0 Å². The molecule has 0 bridgehead atoms. The Balaban J connectivity index is 2.25. The topological polar surface area (TPSA) is 12.0 Å². The molecule has 2 rings (SSSR count). The molecule has 0 radical (unpaired) electrons. The average Bonchev–Trinajstić information content (AvgIpc) is 2.19. The average molecular weight is 215 g/mol. The first-order chi connectivity index (χ1) is 7.09. The zero-order valence-corrected chi connectivity index (χ0v) is 8.14. The van der Waals surface area contributed by atoms with Crippen molar-refractivity contribution in [1.82, 2.24) is 5.32 Å². The predicted octanol–water partition coefficient (Wildman–Crippen LogP) is 2.54. The van der Waals surface area contributed by atoms with Crippen LogP contribution in [0.5, 0.6) is 0 Å². The Morgan fingerprint density at radius 3 is 2.47 bits per heavy atom. The van der Waals surface area contributed by atoms with Gasteiger partial charge in [-0.3, -0.25) is 0 Å². The van der Waals surface area contributed by atoms with Gasteiger partial charge in [0, 0.05) is 19.5 Å². The highest BCUT2D eigenvalue weighted by Crippen LogP contribution is 2.37. The quantitative estimate of drug-likeness (QED) is 0.759. The van der Waals surface area contributed by atoms with Crippen molar-refractivity contribution in [3.8, 4) is 0 Å². The molecular formula is C11H12F3N. The summed E-state index contributed by atoms with van der Waals surface area (Å²) < 4.78 is 39.7. The van der Waals surface area contributed by atoms with Crippen molar-refractivity contribution in [2.24, 2.45) is 0 Å². The van der Waals surface area contributed by atoms with E-state index in [0.29, 0.717) is 12.1 Å².